The molecule has 2 unspecified atom stereocenters. The standard InChI is InChI=1S/C15H28N3O3P/c1-11(2)15(19)18(13(5)6)8-7-14(9-17-12(3)4)10-21-22(16)20/h12-14H,1,7-8,10,16H2,2-6H3. The maximum absolute atomic E-state index is 12.1. The fourth-order valence-electron chi connectivity index (χ4n) is 1.74. The highest BCUT2D eigenvalue weighted by atomic mass is 31.2. The largest absolute Gasteiger partial charge is 0.796 e. The van der Waals surface area contributed by atoms with Gasteiger partial charge in [0, 0.05) is 40.5 Å². The highest BCUT2D eigenvalue weighted by Crippen LogP contribution is 2.18. The first kappa shape index (κ1) is 21.0. The Morgan fingerprint density at radius 3 is 2.45 bits per heavy atom. The van der Waals surface area contributed by atoms with Crippen molar-refractivity contribution >= 4 is 14.4 Å². The third-order valence-corrected chi connectivity index (χ3v) is 3.29. The fourth-order valence-corrected chi connectivity index (χ4v) is 2.06. The van der Waals surface area contributed by atoms with Gasteiger partial charge >= 0.3 is 0 Å². The van der Waals surface area contributed by atoms with Gasteiger partial charge in [0.2, 0.25) is 5.91 Å². The van der Waals surface area contributed by atoms with Crippen LogP contribution in [0.5, 0.6) is 0 Å². The number of hydrogen-bond acceptors (Lipinski definition) is 4. The number of carbonyl (C=O) groups is 1. The lowest BCUT2D eigenvalue weighted by atomic mass is 10.1. The van der Waals surface area contributed by atoms with Crippen LogP contribution in [0.3, 0.4) is 0 Å². The Bertz CT molecular complexity index is 427. The van der Waals surface area contributed by atoms with E-state index >= 15 is 0 Å². The molecule has 7 heteroatoms. The highest BCUT2D eigenvalue weighted by Gasteiger charge is 2.21. The molecular weight excluding hydrogens is 301 g/mol. The molecule has 2 N–H and O–H groups in total. The average molecular weight is 329 g/mol. The average Bonchev–Trinajstić information content (AvgIpc) is 2.39. The van der Waals surface area contributed by atoms with E-state index in [0.29, 0.717) is 18.5 Å². The molecular formula is C15H28N3O3P. The summed E-state index contributed by atoms with van der Waals surface area (Å²) in [5, 5.41) is 0. The van der Waals surface area contributed by atoms with Crippen molar-refractivity contribution in [2.24, 2.45) is 11.4 Å². The van der Waals surface area contributed by atoms with E-state index in [0.717, 1.165) is 0 Å². The van der Waals surface area contributed by atoms with Gasteiger partial charge in [-0.05, 0) is 27.2 Å². The summed E-state index contributed by atoms with van der Waals surface area (Å²) < 4.78 is 4.98. The van der Waals surface area contributed by atoms with Crippen LogP contribution in [-0.4, -0.2) is 36.0 Å². The van der Waals surface area contributed by atoms with E-state index in [1.807, 2.05) is 27.7 Å². The van der Waals surface area contributed by atoms with Crippen LogP contribution in [0.15, 0.2) is 12.2 Å². The van der Waals surface area contributed by atoms with Gasteiger partial charge in [-0.3, -0.25) is 10.3 Å². The Balaban J connectivity index is 4.79. The van der Waals surface area contributed by atoms with Crippen molar-refractivity contribution in [2.75, 3.05) is 13.2 Å². The molecule has 2 atom stereocenters. The third kappa shape index (κ3) is 9.11. The summed E-state index contributed by atoms with van der Waals surface area (Å²) in [6.45, 7) is 13.9. The molecule has 126 valence electrons. The molecule has 0 fully saturated rings. The number of rotatable bonds is 8. The van der Waals surface area contributed by atoms with Crippen LogP contribution in [-0.2, 0) is 9.32 Å². The smallest absolute Gasteiger partial charge is 0.279 e. The molecule has 0 bridgehead atoms. The molecule has 0 spiro atoms. The Kier molecular flexibility index (Phi) is 10.2. The quantitative estimate of drug-likeness (QED) is 0.546. The summed E-state index contributed by atoms with van der Waals surface area (Å²) in [5.74, 6) is -0.232. The SMILES string of the molecule is C=C(C)C(=O)N(CCC(C#[N+]C(C)C)COP(N)[O-])C(C)C. The zero-order chi connectivity index (χ0) is 17.3. The monoisotopic (exact) mass is 329 g/mol. The van der Waals surface area contributed by atoms with Crippen LogP contribution < -0.4 is 10.4 Å². The number of carbonyl (C=O) groups excluding carboxylic acids is 1. The topological polar surface area (TPSA) is 83.0 Å². The second-order valence-electron chi connectivity index (χ2n) is 5.79. The maximum Gasteiger partial charge on any atom is 0.279 e. The van der Waals surface area contributed by atoms with Crippen molar-refractivity contribution < 1.29 is 14.2 Å². The fraction of sp³-hybridized carbons (Fsp3) is 0.733. The van der Waals surface area contributed by atoms with Crippen LogP contribution in [0, 0.1) is 12.0 Å². The molecule has 0 rings (SSSR count). The van der Waals surface area contributed by atoms with Crippen LogP contribution in [0.2, 0.25) is 0 Å². The summed E-state index contributed by atoms with van der Waals surface area (Å²) in [5.41, 5.74) is 5.65. The molecule has 0 saturated heterocycles. The van der Waals surface area contributed by atoms with E-state index in [2.05, 4.69) is 17.5 Å². The van der Waals surface area contributed by atoms with Gasteiger partial charge in [0.15, 0.2) is 0 Å². The number of hydrogen-bond donors (Lipinski definition) is 1. The molecule has 0 saturated carbocycles. The molecule has 6 nitrogen and oxygen atoms in total. The van der Waals surface area contributed by atoms with Gasteiger partial charge < -0.3 is 14.3 Å². The number of nitrogens with two attached hydrogens (primary N) is 1. The van der Waals surface area contributed by atoms with Gasteiger partial charge in [0.05, 0.1) is 6.61 Å². The van der Waals surface area contributed by atoms with E-state index < -0.39 is 8.53 Å². The lowest BCUT2D eigenvalue weighted by Crippen LogP contribution is -2.38. The van der Waals surface area contributed by atoms with E-state index in [9.17, 15) is 9.69 Å². The first-order chi connectivity index (χ1) is 10.1. The van der Waals surface area contributed by atoms with E-state index in [1.165, 1.54) is 0 Å². The highest BCUT2D eigenvalue weighted by molar-refractivity contribution is 7.41. The zero-order valence-corrected chi connectivity index (χ0v) is 15.1. The second kappa shape index (κ2) is 10.7. The van der Waals surface area contributed by atoms with E-state index in [1.54, 1.807) is 11.8 Å². The van der Waals surface area contributed by atoms with Crippen molar-refractivity contribution in [3.05, 3.63) is 17.0 Å². The molecule has 0 heterocycles. The molecule has 0 aromatic rings. The molecule has 22 heavy (non-hydrogen) atoms. The van der Waals surface area contributed by atoms with E-state index in [-0.39, 0.29) is 30.5 Å². The van der Waals surface area contributed by atoms with Gasteiger partial charge in [-0.25, -0.2) is 0 Å². The van der Waals surface area contributed by atoms with Crippen molar-refractivity contribution in [1.82, 2.24) is 4.90 Å². The summed E-state index contributed by atoms with van der Waals surface area (Å²) in [7, 11) is -2.15. The maximum atomic E-state index is 12.1. The predicted octanol–water partition coefficient (Wildman–Crippen LogP) is 2.11. The summed E-state index contributed by atoms with van der Waals surface area (Å²) in [4.78, 5) is 29.0. The van der Waals surface area contributed by atoms with Crippen LogP contribution in [0.1, 0.15) is 41.0 Å². The van der Waals surface area contributed by atoms with E-state index in [4.69, 9.17) is 10.0 Å². The summed E-state index contributed by atoms with van der Waals surface area (Å²) in [6.07, 6.45) is 0.608. The summed E-state index contributed by atoms with van der Waals surface area (Å²) in [6, 6.07) is 3.18. The van der Waals surface area contributed by atoms with Crippen molar-refractivity contribution in [2.45, 2.75) is 53.1 Å². The second-order valence-corrected chi connectivity index (χ2v) is 6.62. The third-order valence-electron chi connectivity index (χ3n) is 2.89. The molecule has 0 radical (unpaired) electrons. The first-order valence-corrected chi connectivity index (χ1v) is 8.66. The van der Waals surface area contributed by atoms with Crippen LogP contribution in [0.25, 0.3) is 4.85 Å². The van der Waals surface area contributed by atoms with Gasteiger partial charge in [0.25, 0.3) is 12.1 Å². The Labute approximate surface area is 135 Å². The van der Waals surface area contributed by atoms with Gasteiger partial charge in [-0.2, -0.15) is 0 Å². The Morgan fingerprint density at radius 1 is 1.45 bits per heavy atom. The normalized spacial score (nSPS) is 13.5. The van der Waals surface area contributed by atoms with Crippen molar-refractivity contribution in [1.29, 1.82) is 0 Å². The number of amides is 1. The number of nitrogens with zero attached hydrogens (tertiary/aromatic N) is 2. The molecule has 1 amide bonds. The Morgan fingerprint density at radius 2 is 2.05 bits per heavy atom. The Hall–Kier alpha value is -0.990. The first-order valence-electron chi connectivity index (χ1n) is 7.41. The predicted molar refractivity (Wildman–Crippen MR) is 89.2 cm³/mol. The molecule has 0 aromatic carbocycles. The zero-order valence-electron chi connectivity index (χ0n) is 14.2. The lowest BCUT2D eigenvalue weighted by molar-refractivity contribution is -0.181. The van der Waals surface area contributed by atoms with Gasteiger partial charge in [-0.15, -0.1) is 0 Å². The minimum absolute atomic E-state index is 0.0685. The molecule has 0 aliphatic rings. The van der Waals surface area contributed by atoms with Crippen LogP contribution in [0.4, 0.5) is 0 Å². The molecule has 0 aliphatic heterocycles. The minimum atomic E-state index is -2.15. The van der Waals surface area contributed by atoms with Crippen molar-refractivity contribution in [3.8, 4) is 6.07 Å². The van der Waals surface area contributed by atoms with Crippen LogP contribution >= 0.6 is 8.53 Å². The molecule has 0 aliphatic carbocycles. The van der Waals surface area contributed by atoms with Crippen molar-refractivity contribution in [3.63, 3.8) is 0 Å². The van der Waals surface area contributed by atoms with Gasteiger partial charge in [0.1, 0.15) is 5.92 Å². The summed E-state index contributed by atoms with van der Waals surface area (Å²) >= 11 is 0. The lowest BCUT2D eigenvalue weighted by Gasteiger charge is -2.27. The minimum Gasteiger partial charge on any atom is -0.796 e. The molecule has 0 aromatic heterocycles. The van der Waals surface area contributed by atoms with Gasteiger partial charge in [-0.1, -0.05) is 11.4 Å².